The third kappa shape index (κ3) is 7.22. The fourth-order valence-corrected chi connectivity index (χ4v) is 9.02. The van der Waals surface area contributed by atoms with Gasteiger partial charge in [0, 0.05) is 81.2 Å². The number of anilines is 2. The molecule has 2 N–H and O–H groups in total. The molecule has 52 heavy (non-hydrogen) atoms. The number of benzene rings is 2. The predicted molar refractivity (Wildman–Crippen MR) is 198 cm³/mol. The maximum absolute atomic E-state index is 15.4. The number of hydrogen-bond donors (Lipinski definition) is 2. The van der Waals surface area contributed by atoms with Gasteiger partial charge in [0.15, 0.2) is 0 Å². The number of aryl methyl sites for hydroxylation is 2. The monoisotopic (exact) mass is 711 g/mol. The number of piperidine rings is 4. The van der Waals surface area contributed by atoms with Crippen LogP contribution in [0.15, 0.2) is 47.4 Å². The van der Waals surface area contributed by atoms with E-state index in [2.05, 4.69) is 44.7 Å². The van der Waals surface area contributed by atoms with Crippen LogP contribution >= 0.6 is 0 Å². The van der Waals surface area contributed by atoms with E-state index in [-0.39, 0.29) is 41.1 Å². The standard InChI is InChI=1S/C40H50FN7O4/c1-25-19-31(21-33(41)36(25)32-9-10-35(49)44-37(32)50)47-15-11-40(12-16-47)13-17-48(18-14-40)39(52)28-7-5-27(6-8-28)29-20-30(24-45(3)23-29)43-34-22-42-46(4)38(51)26(34)2/h5-8,19,21-22,29-30,32,43H,9-18,20,23-24H2,1-4H3,(H,44,49,50)/t29-,30+,32?/m0/s1. The minimum atomic E-state index is -0.640. The average molecular weight is 712 g/mol. The summed E-state index contributed by atoms with van der Waals surface area (Å²) in [6.07, 6.45) is 7.08. The number of halogens is 1. The molecule has 0 radical (unpaired) electrons. The SMILES string of the molecule is Cc1cc(N2CCC3(CCN(C(=O)c4ccc([C@H]5C[C@@H](Nc6cnn(C)c(=O)c6C)CN(C)C5)cc4)CC3)CC2)cc(F)c1C1CCC(=O)NC1=O. The van der Waals surface area contributed by atoms with E-state index < -0.39 is 11.8 Å². The number of likely N-dealkylation sites (N-methyl/N-ethyl adjacent to an activating group) is 1. The van der Waals surface area contributed by atoms with E-state index >= 15 is 4.39 Å². The van der Waals surface area contributed by atoms with Crippen molar-refractivity contribution in [2.24, 2.45) is 12.5 Å². The van der Waals surface area contributed by atoms with Crippen LogP contribution in [0.2, 0.25) is 0 Å². The second-order valence-corrected chi connectivity index (χ2v) is 15.7. The zero-order valence-electron chi connectivity index (χ0n) is 30.7. The zero-order valence-corrected chi connectivity index (χ0v) is 30.7. The van der Waals surface area contributed by atoms with Crippen LogP contribution in [-0.2, 0) is 16.6 Å². The Bertz CT molecular complexity index is 1890. The normalized spacial score (nSPS) is 23.8. The molecule has 3 atom stereocenters. The maximum Gasteiger partial charge on any atom is 0.271 e. The molecule has 0 bridgehead atoms. The van der Waals surface area contributed by atoms with E-state index in [9.17, 15) is 19.2 Å². The molecule has 5 heterocycles. The maximum atomic E-state index is 15.4. The summed E-state index contributed by atoms with van der Waals surface area (Å²) >= 11 is 0. The van der Waals surface area contributed by atoms with Crippen molar-refractivity contribution in [3.05, 3.63) is 86.6 Å². The smallest absolute Gasteiger partial charge is 0.271 e. The zero-order chi connectivity index (χ0) is 36.7. The lowest BCUT2D eigenvalue weighted by atomic mass is 9.71. The summed E-state index contributed by atoms with van der Waals surface area (Å²) in [4.78, 5) is 56.6. The Morgan fingerprint density at radius 1 is 0.962 bits per heavy atom. The molecular weight excluding hydrogens is 661 g/mol. The molecule has 4 aliphatic rings. The number of nitrogens with zero attached hydrogens (tertiary/aromatic N) is 5. The highest BCUT2D eigenvalue weighted by Gasteiger charge is 2.39. The van der Waals surface area contributed by atoms with Gasteiger partial charge in [0.1, 0.15) is 5.82 Å². The van der Waals surface area contributed by atoms with E-state index in [4.69, 9.17) is 0 Å². The Labute approximate surface area is 304 Å². The van der Waals surface area contributed by atoms with Gasteiger partial charge in [-0.1, -0.05) is 12.1 Å². The van der Waals surface area contributed by atoms with Gasteiger partial charge in [-0.15, -0.1) is 0 Å². The summed E-state index contributed by atoms with van der Waals surface area (Å²) in [5, 5.41) is 10.1. The minimum absolute atomic E-state index is 0.0785. The highest BCUT2D eigenvalue weighted by Crippen LogP contribution is 2.43. The van der Waals surface area contributed by atoms with Gasteiger partial charge in [0.25, 0.3) is 11.5 Å². The van der Waals surface area contributed by atoms with Crippen LogP contribution in [-0.4, -0.2) is 89.7 Å². The van der Waals surface area contributed by atoms with E-state index in [1.807, 2.05) is 36.9 Å². The number of imide groups is 1. The molecule has 1 unspecified atom stereocenters. The number of nitrogens with one attached hydrogen (secondary N) is 2. The molecule has 11 nitrogen and oxygen atoms in total. The minimum Gasteiger partial charge on any atom is -0.379 e. The molecular formula is C40H50FN7O4. The largest absolute Gasteiger partial charge is 0.379 e. The van der Waals surface area contributed by atoms with Crippen molar-refractivity contribution >= 4 is 29.1 Å². The lowest BCUT2D eigenvalue weighted by Crippen LogP contribution is -2.48. The molecule has 276 valence electrons. The number of hydrogen-bond acceptors (Lipinski definition) is 8. The number of amides is 3. The highest BCUT2D eigenvalue weighted by atomic mass is 19.1. The molecule has 4 saturated heterocycles. The first-order chi connectivity index (χ1) is 24.9. The third-order valence-corrected chi connectivity index (χ3v) is 12.2. The summed E-state index contributed by atoms with van der Waals surface area (Å²) in [5.41, 5.74) is 5.41. The first-order valence-electron chi connectivity index (χ1n) is 18.7. The van der Waals surface area contributed by atoms with Crippen molar-refractivity contribution in [2.45, 2.75) is 76.7 Å². The van der Waals surface area contributed by atoms with Crippen molar-refractivity contribution in [2.75, 3.05) is 56.5 Å². The van der Waals surface area contributed by atoms with Crippen LogP contribution in [0.1, 0.15) is 89.4 Å². The molecule has 7 rings (SSSR count). The Morgan fingerprint density at radius 2 is 1.65 bits per heavy atom. The molecule has 1 spiro atoms. The number of likely N-dealkylation sites (tertiary alicyclic amines) is 2. The van der Waals surface area contributed by atoms with Crippen LogP contribution < -0.4 is 21.1 Å². The third-order valence-electron chi connectivity index (χ3n) is 12.2. The van der Waals surface area contributed by atoms with E-state index in [0.717, 1.165) is 88.3 Å². The molecule has 3 amide bonds. The molecule has 4 fully saturated rings. The van der Waals surface area contributed by atoms with E-state index in [1.54, 1.807) is 19.3 Å². The van der Waals surface area contributed by atoms with Gasteiger partial charge < -0.3 is 20.0 Å². The predicted octanol–water partition coefficient (Wildman–Crippen LogP) is 4.48. The molecule has 12 heteroatoms. The second kappa shape index (κ2) is 14.4. The number of aromatic nitrogens is 2. The van der Waals surface area contributed by atoms with Gasteiger partial charge in [-0.05, 0) is 106 Å². The Hall–Kier alpha value is -4.58. The number of carbonyl (C=O) groups excluding carboxylic acids is 3. The van der Waals surface area contributed by atoms with E-state index in [1.165, 1.54) is 10.2 Å². The summed E-state index contributed by atoms with van der Waals surface area (Å²) in [5.74, 6) is -1.38. The van der Waals surface area contributed by atoms with Crippen LogP contribution in [0, 0.1) is 25.1 Å². The Morgan fingerprint density at radius 3 is 2.33 bits per heavy atom. The van der Waals surface area contributed by atoms with Crippen molar-refractivity contribution in [1.29, 1.82) is 0 Å². The molecule has 1 aromatic heterocycles. The highest BCUT2D eigenvalue weighted by molar-refractivity contribution is 6.01. The summed E-state index contributed by atoms with van der Waals surface area (Å²) < 4.78 is 16.8. The number of rotatable bonds is 6. The van der Waals surface area contributed by atoms with Gasteiger partial charge in [-0.2, -0.15) is 5.10 Å². The molecule has 3 aromatic rings. The fraction of sp³-hybridized carbons (Fsp3) is 0.525. The van der Waals surface area contributed by atoms with Gasteiger partial charge in [0.2, 0.25) is 11.8 Å². The molecule has 4 aliphatic heterocycles. The van der Waals surface area contributed by atoms with Gasteiger partial charge >= 0.3 is 0 Å². The number of carbonyl (C=O) groups is 3. The van der Waals surface area contributed by atoms with Crippen LogP contribution in [0.25, 0.3) is 0 Å². The summed E-state index contributed by atoms with van der Waals surface area (Å²) in [7, 11) is 3.77. The summed E-state index contributed by atoms with van der Waals surface area (Å²) in [6, 6.07) is 11.8. The van der Waals surface area contributed by atoms with Crippen molar-refractivity contribution in [3.63, 3.8) is 0 Å². The fourth-order valence-electron chi connectivity index (χ4n) is 9.02. The van der Waals surface area contributed by atoms with Gasteiger partial charge in [-0.3, -0.25) is 24.5 Å². The lowest BCUT2D eigenvalue weighted by molar-refractivity contribution is -0.134. The van der Waals surface area contributed by atoms with Crippen LogP contribution in [0.5, 0.6) is 0 Å². The lowest BCUT2D eigenvalue weighted by Gasteiger charge is -2.47. The quantitative estimate of drug-likeness (QED) is 0.360. The average Bonchev–Trinajstić information content (AvgIpc) is 3.12. The van der Waals surface area contributed by atoms with Crippen molar-refractivity contribution < 1.29 is 18.8 Å². The first kappa shape index (κ1) is 35.8. The molecule has 0 aliphatic carbocycles. The van der Waals surface area contributed by atoms with Gasteiger partial charge in [0.05, 0.1) is 17.8 Å². The molecule has 2 aromatic carbocycles. The van der Waals surface area contributed by atoms with Crippen LogP contribution in [0.3, 0.4) is 0 Å². The van der Waals surface area contributed by atoms with Crippen molar-refractivity contribution in [1.82, 2.24) is 24.9 Å². The first-order valence-corrected chi connectivity index (χ1v) is 18.7. The summed E-state index contributed by atoms with van der Waals surface area (Å²) in [6.45, 7) is 8.56. The second-order valence-electron chi connectivity index (χ2n) is 15.7. The molecule has 0 saturated carbocycles. The van der Waals surface area contributed by atoms with Crippen molar-refractivity contribution in [3.8, 4) is 0 Å². The van der Waals surface area contributed by atoms with E-state index in [0.29, 0.717) is 29.0 Å². The Balaban J connectivity index is 0.921. The van der Waals surface area contributed by atoms with Crippen LogP contribution in [0.4, 0.5) is 15.8 Å². The van der Waals surface area contributed by atoms with Gasteiger partial charge in [-0.25, -0.2) is 9.07 Å². The Kier molecular flexibility index (Phi) is 9.95. The topological polar surface area (TPSA) is 120 Å².